The molecule has 1 saturated heterocycles. The van der Waals surface area contributed by atoms with Crippen molar-refractivity contribution in [2.45, 2.75) is 18.6 Å². The fraction of sp³-hybridized carbons (Fsp3) is 0.286. The molecule has 2 atom stereocenters. The number of nitrogens with one attached hydrogen (secondary N) is 1. The quantitative estimate of drug-likeness (QED) is 0.850. The van der Waals surface area contributed by atoms with Crippen molar-refractivity contribution in [1.82, 2.24) is 9.97 Å². The highest BCUT2D eigenvalue weighted by Gasteiger charge is 2.29. The summed E-state index contributed by atoms with van der Waals surface area (Å²) in [5.41, 5.74) is 6.75. The number of nitrogens with two attached hydrogens (primary N) is 1. The number of hydrogen-bond donors (Lipinski definition) is 2. The number of anilines is 2. The maximum Gasteiger partial charge on any atom is 0.223 e. The van der Waals surface area contributed by atoms with Gasteiger partial charge in [-0.15, -0.1) is 0 Å². The number of nitrogens with zero attached hydrogens (tertiary/aromatic N) is 2. The molecule has 0 aliphatic carbocycles. The minimum atomic E-state index is 0.00571. The molecule has 0 spiro atoms. The van der Waals surface area contributed by atoms with E-state index in [1.165, 1.54) is 0 Å². The molecule has 6 heteroatoms. The van der Waals surface area contributed by atoms with Crippen LogP contribution >= 0.6 is 11.6 Å². The minimum absolute atomic E-state index is 0.00571. The second-order valence-corrected chi connectivity index (χ2v) is 5.06. The third kappa shape index (κ3) is 2.84. The van der Waals surface area contributed by atoms with Gasteiger partial charge in [-0.05, 0) is 12.0 Å². The molecule has 104 valence electrons. The maximum atomic E-state index is 5.89. The molecule has 1 aliphatic rings. The summed E-state index contributed by atoms with van der Waals surface area (Å²) in [5.74, 6) is 0.786. The molecule has 0 radical (unpaired) electrons. The predicted octanol–water partition coefficient (Wildman–Crippen LogP) is 2.65. The van der Waals surface area contributed by atoms with Gasteiger partial charge in [0.1, 0.15) is 17.1 Å². The summed E-state index contributed by atoms with van der Waals surface area (Å²) in [6.45, 7) is 0.714. The number of halogens is 1. The van der Waals surface area contributed by atoms with E-state index < -0.39 is 0 Å². The molecular formula is C14H15ClN4O. The molecule has 1 fully saturated rings. The van der Waals surface area contributed by atoms with E-state index in [1.54, 1.807) is 6.07 Å². The first-order valence-corrected chi connectivity index (χ1v) is 6.83. The van der Waals surface area contributed by atoms with Gasteiger partial charge in [0.15, 0.2) is 0 Å². The first-order valence-electron chi connectivity index (χ1n) is 6.45. The van der Waals surface area contributed by atoms with Crippen molar-refractivity contribution in [3.8, 4) is 0 Å². The van der Waals surface area contributed by atoms with Gasteiger partial charge < -0.3 is 15.8 Å². The summed E-state index contributed by atoms with van der Waals surface area (Å²) in [4.78, 5) is 7.99. The monoisotopic (exact) mass is 290 g/mol. The first-order chi connectivity index (χ1) is 9.72. The molecule has 2 heterocycles. The van der Waals surface area contributed by atoms with Crippen LogP contribution in [-0.4, -0.2) is 22.6 Å². The van der Waals surface area contributed by atoms with E-state index in [0.717, 1.165) is 12.0 Å². The lowest BCUT2D eigenvalue weighted by molar-refractivity contribution is 0.107. The normalized spacial score (nSPS) is 21.9. The average molecular weight is 291 g/mol. The van der Waals surface area contributed by atoms with Gasteiger partial charge in [-0.25, -0.2) is 4.98 Å². The SMILES string of the molecule is Nc1nc(Cl)cc(N[C@H]2CCO[C@@H]2c2ccccc2)n1. The Bertz CT molecular complexity index is 573. The lowest BCUT2D eigenvalue weighted by atomic mass is 10.0. The van der Waals surface area contributed by atoms with Crippen LogP contribution < -0.4 is 11.1 Å². The smallest absolute Gasteiger partial charge is 0.223 e. The van der Waals surface area contributed by atoms with E-state index in [-0.39, 0.29) is 18.1 Å². The molecule has 20 heavy (non-hydrogen) atoms. The molecular weight excluding hydrogens is 276 g/mol. The van der Waals surface area contributed by atoms with Gasteiger partial charge in [0.25, 0.3) is 0 Å². The first kappa shape index (κ1) is 13.1. The average Bonchev–Trinajstić information content (AvgIpc) is 2.86. The Morgan fingerprint density at radius 1 is 1.25 bits per heavy atom. The number of rotatable bonds is 3. The molecule has 0 saturated carbocycles. The van der Waals surface area contributed by atoms with Crippen molar-refractivity contribution < 1.29 is 4.74 Å². The van der Waals surface area contributed by atoms with Crippen LogP contribution in [-0.2, 0) is 4.74 Å². The van der Waals surface area contributed by atoms with Crippen molar-refractivity contribution in [2.24, 2.45) is 0 Å². The maximum absolute atomic E-state index is 5.89. The van der Waals surface area contributed by atoms with Crippen LogP contribution in [0.1, 0.15) is 18.1 Å². The van der Waals surface area contributed by atoms with Gasteiger partial charge in [-0.1, -0.05) is 41.9 Å². The van der Waals surface area contributed by atoms with Crippen molar-refractivity contribution >= 4 is 23.4 Å². The highest BCUT2D eigenvalue weighted by Crippen LogP contribution is 2.31. The Balaban J connectivity index is 1.79. The predicted molar refractivity (Wildman–Crippen MR) is 78.6 cm³/mol. The van der Waals surface area contributed by atoms with E-state index in [9.17, 15) is 0 Å². The largest absolute Gasteiger partial charge is 0.371 e. The van der Waals surface area contributed by atoms with E-state index in [4.69, 9.17) is 22.1 Å². The molecule has 5 nitrogen and oxygen atoms in total. The highest BCUT2D eigenvalue weighted by molar-refractivity contribution is 6.29. The van der Waals surface area contributed by atoms with Crippen LogP contribution in [0.4, 0.5) is 11.8 Å². The van der Waals surface area contributed by atoms with Crippen LogP contribution in [0.3, 0.4) is 0 Å². The fourth-order valence-electron chi connectivity index (χ4n) is 2.41. The second-order valence-electron chi connectivity index (χ2n) is 4.68. The van der Waals surface area contributed by atoms with Gasteiger partial charge in [0.05, 0.1) is 6.04 Å². The molecule has 1 aromatic carbocycles. The Kier molecular flexibility index (Phi) is 3.71. The Hall–Kier alpha value is -1.85. The van der Waals surface area contributed by atoms with E-state index in [2.05, 4.69) is 27.4 Å². The summed E-state index contributed by atoms with van der Waals surface area (Å²) in [5, 5.41) is 3.66. The minimum Gasteiger partial charge on any atom is -0.371 e. The third-order valence-electron chi connectivity index (χ3n) is 3.27. The van der Waals surface area contributed by atoms with Gasteiger partial charge >= 0.3 is 0 Å². The number of benzene rings is 1. The molecule has 2 aromatic rings. The van der Waals surface area contributed by atoms with E-state index in [1.807, 2.05) is 18.2 Å². The lowest BCUT2D eigenvalue weighted by Gasteiger charge is -2.20. The van der Waals surface area contributed by atoms with Crippen molar-refractivity contribution in [1.29, 1.82) is 0 Å². The van der Waals surface area contributed by atoms with Crippen molar-refractivity contribution in [2.75, 3.05) is 17.7 Å². The number of ether oxygens (including phenoxy) is 1. The number of nitrogen functional groups attached to an aromatic ring is 1. The summed E-state index contributed by atoms with van der Waals surface area (Å²) >= 11 is 5.89. The summed E-state index contributed by atoms with van der Waals surface area (Å²) < 4.78 is 5.81. The van der Waals surface area contributed by atoms with Crippen LogP contribution in [0.25, 0.3) is 0 Å². The second kappa shape index (κ2) is 5.64. The van der Waals surface area contributed by atoms with Crippen LogP contribution in [0.2, 0.25) is 5.15 Å². The molecule has 0 bridgehead atoms. The highest BCUT2D eigenvalue weighted by atomic mass is 35.5. The zero-order valence-corrected chi connectivity index (χ0v) is 11.5. The van der Waals surface area contributed by atoms with Gasteiger partial charge in [0.2, 0.25) is 5.95 Å². The molecule has 0 amide bonds. The summed E-state index contributed by atoms with van der Waals surface area (Å²) in [6.07, 6.45) is 0.910. The zero-order valence-electron chi connectivity index (χ0n) is 10.8. The van der Waals surface area contributed by atoms with Crippen molar-refractivity contribution in [3.05, 3.63) is 47.1 Å². The lowest BCUT2D eigenvalue weighted by Crippen LogP contribution is -2.24. The molecule has 1 aliphatic heterocycles. The number of aromatic nitrogens is 2. The summed E-state index contributed by atoms with van der Waals surface area (Å²) in [7, 11) is 0. The molecule has 1 aromatic heterocycles. The Morgan fingerprint density at radius 3 is 2.80 bits per heavy atom. The molecule has 0 unspecified atom stereocenters. The summed E-state index contributed by atoms with van der Waals surface area (Å²) in [6, 6.07) is 11.9. The van der Waals surface area contributed by atoms with Gasteiger partial charge in [-0.2, -0.15) is 4.98 Å². The fourth-order valence-corrected chi connectivity index (χ4v) is 2.60. The Labute approximate surface area is 122 Å². The molecule has 3 N–H and O–H groups in total. The van der Waals surface area contributed by atoms with Crippen LogP contribution in [0.5, 0.6) is 0 Å². The topological polar surface area (TPSA) is 73.1 Å². The van der Waals surface area contributed by atoms with Gasteiger partial charge in [0, 0.05) is 12.7 Å². The third-order valence-corrected chi connectivity index (χ3v) is 3.46. The standard InChI is InChI=1S/C14H15ClN4O/c15-11-8-12(19-14(16)18-11)17-10-6-7-20-13(10)9-4-2-1-3-5-9/h1-5,8,10,13H,6-7H2,(H3,16,17,18,19)/t10-,13+/m0/s1. The number of hydrogen-bond acceptors (Lipinski definition) is 5. The zero-order chi connectivity index (χ0) is 13.9. The van der Waals surface area contributed by atoms with E-state index >= 15 is 0 Å². The van der Waals surface area contributed by atoms with Crippen LogP contribution in [0, 0.1) is 0 Å². The van der Waals surface area contributed by atoms with Crippen LogP contribution in [0.15, 0.2) is 36.4 Å². The van der Waals surface area contributed by atoms with E-state index in [0.29, 0.717) is 17.6 Å². The Morgan fingerprint density at radius 2 is 2.05 bits per heavy atom. The van der Waals surface area contributed by atoms with Crippen molar-refractivity contribution in [3.63, 3.8) is 0 Å². The molecule has 3 rings (SSSR count). The van der Waals surface area contributed by atoms with Gasteiger partial charge in [-0.3, -0.25) is 0 Å².